The van der Waals surface area contributed by atoms with Crippen molar-refractivity contribution in [3.8, 4) is 0 Å². The van der Waals surface area contributed by atoms with Gasteiger partial charge in [0.1, 0.15) is 5.82 Å². The first-order valence-electron chi connectivity index (χ1n) is 6.84. The minimum Gasteiger partial charge on any atom is -0.393 e. The molecule has 2 N–H and O–H groups in total. The van der Waals surface area contributed by atoms with Crippen LogP contribution >= 0.6 is 0 Å². The lowest BCUT2D eigenvalue weighted by Gasteiger charge is -2.24. The largest absolute Gasteiger partial charge is 0.393 e. The van der Waals surface area contributed by atoms with E-state index in [1.165, 1.54) is 12.1 Å². The molecule has 0 aromatic heterocycles. The van der Waals surface area contributed by atoms with Gasteiger partial charge in [-0.15, -0.1) is 0 Å². The minimum atomic E-state index is -1.12. The number of nitrogens with zero attached hydrogens (tertiary/aromatic N) is 1. The topological polar surface area (TPSA) is 60.8 Å². The molecule has 1 aliphatic heterocycles. The molecule has 1 aliphatic rings. The SMILES string of the molecule is Cc1ccc(C(=O)N2CCC[C@@](O)(CO)CC2)c(F)c1. The number of hydrogen-bond acceptors (Lipinski definition) is 3. The van der Waals surface area contributed by atoms with E-state index in [9.17, 15) is 19.4 Å². The third kappa shape index (κ3) is 3.16. The van der Waals surface area contributed by atoms with Crippen molar-refractivity contribution >= 4 is 5.91 Å². The number of aliphatic hydroxyl groups is 2. The molecule has 4 nitrogen and oxygen atoms in total. The van der Waals surface area contributed by atoms with Gasteiger partial charge in [-0.25, -0.2) is 4.39 Å². The van der Waals surface area contributed by atoms with Gasteiger partial charge < -0.3 is 15.1 Å². The molecule has 2 rings (SSSR count). The van der Waals surface area contributed by atoms with Crippen LogP contribution in [0.3, 0.4) is 0 Å². The maximum absolute atomic E-state index is 13.8. The average Bonchev–Trinajstić information content (AvgIpc) is 2.61. The number of benzene rings is 1. The van der Waals surface area contributed by atoms with Gasteiger partial charge in [0.2, 0.25) is 0 Å². The molecule has 1 atom stereocenters. The zero-order valence-corrected chi connectivity index (χ0v) is 11.6. The van der Waals surface area contributed by atoms with Crippen LogP contribution in [0.25, 0.3) is 0 Å². The van der Waals surface area contributed by atoms with E-state index in [0.717, 1.165) is 5.56 Å². The number of carbonyl (C=O) groups is 1. The Hall–Kier alpha value is -1.46. The van der Waals surface area contributed by atoms with Crippen molar-refractivity contribution in [2.24, 2.45) is 0 Å². The minimum absolute atomic E-state index is 0.0602. The first-order valence-corrected chi connectivity index (χ1v) is 6.84. The second kappa shape index (κ2) is 5.89. The molecule has 20 heavy (non-hydrogen) atoms. The molecule has 1 saturated heterocycles. The van der Waals surface area contributed by atoms with Gasteiger partial charge in [-0.05, 0) is 43.9 Å². The normalized spacial score (nSPS) is 23.5. The Labute approximate surface area is 117 Å². The van der Waals surface area contributed by atoms with Gasteiger partial charge >= 0.3 is 0 Å². The van der Waals surface area contributed by atoms with Crippen molar-refractivity contribution in [3.05, 3.63) is 35.1 Å². The summed E-state index contributed by atoms with van der Waals surface area (Å²) in [5.74, 6) is -0.874. The molecule has 1 heterocycles. The van der Waals surface area contributed by atoms with Crippen LogP contribution in [0.2, 0.25) is 0 Å². The second-order valence-electron chi connectivity index (χ2n) is 5.51. The van der Waals surface area contributed by atoms with Crippen LogP contribution in [0.5, 0.6) is 0 Å². The van der Waals surface area contributed by atoms with Crippen molar-refractivity contribution in [2.75, 3.05) is 19.7 Å². The Morgan fingerprint density at radius 2 is 2.15 bits per heavy atom. The smallest absolute Gasteiger partial charge is 0.256 e. The molecule has 0 radical (unpaired) electrons. The van der Waals surface area contributed by atoms with Crippen molar-refractivity contribution < 1.29 is 19.4 Å². The highest BCUT2D eigenvalue weighted by molar-refractivity contribution is 5.94. The molecule has 0 aliphatic carbocycles. The molecule has 1 aromatic rings. The van der Waals surface area contributed by atoms with Crippen molar-refractivity contribution in [1.82, 2.24) is 4.90 Å². The summed E-state index contributed by atoms with van der Waals surface area (Å²) in [7, 11) is 0. The quantitative estimate of drug-likeness (QED) is 0.863. The fourth-order valence-electron chi connectivity index (χ4n) is 2.50. The molecular formula is C15H20FNO3. The highest BCUT2D eigenvalue weighted by Crippen LogP contribution is 2.23. The van der Waals surface area contributed by atoms with Gasteiger partial charge in [0.25, 0.3) is 5.91 Å². The summed E-state index contributed by atoms with van der Waals surface area (Å²) in [4.78, 5) is 13.9. The molecule has 1 fully saturated rings. The van der Waals surface area contributed by atoms with E-state index in [0.29, 0.717) is 32.4 Å². The molecule has 0 unspecified atom stereocenters. The Morgan fingerprint density at radius 3 is 2.80 bits per heavy atom. The number of amides is 1. The number of likely N-dealkylation sites (tertiary alicyclic amines) is 1. The van der Waals surface area contributed by atoms with Crippen molar-refractivity contribution in [2.45, 2.75) is 31.8 Å². The summed E-state index contributed by atoms with van der Waals surface area (Å²) in [6.07, 6.45) is 1.35. The lowest BCUT2D eigenvalue weighted by Crippen LogP contribution is -2.36. The van der Waals surface area contributed by atoms with Crippen LogP contribution in [-0.2, 0) is 0 Å². The zero-order valence-electron chi connectivity index (χ0n) is 11.6. The van der Waals surface area contributed by atoms with Crippen LogP contribution in [0.1, 0.15) is 35.2 Å². The van der Waals surface area contributed by atoms with Gasteiger partial charge in [-0.3, -0.25) is 4.79 Å². The molecule has 0 saturated carbocycles. The van der Waals surface area contributed by atoms with Gasteiger partial charge in [-0.1, -0.05) is 6.07 Å². The maximum Gasteiger partial charge on any atom is 0.256 e. The Balaban J connectivity index is 2.13. The number of aliphatic hydroxyl groups excluding tert-OH is 1. The van der Waals surface area contributed by atoms with Crippen molar-refractivity contribution in [3.63, 3.8) is 0 Å². The summed E-state index contributed by atoms with van der Waals surface area (Å²) in [5.41, 5.74) is -0.296. The monoisotopic (exact) mass is 281 g/mol. The predicted octanol–water partition coefficient (Wildman–Crippen LogP) is 1.48. The Bertz CT molecular complexity index is 506. The van der Waals surface area contributed by atoms with E-state index in [4.69, 9.17) is 0 Å². The molecule has 110 valence electrons. The van der Waals surface area contributed by atoms with Crippen LogP contribution in [0.15, 0.2) is 18.2 Å². The third-order valence-electron chi connectivity index (χ3n) is 3.85. The summed E-state index contributed by atoms with van der Waals surface area (Å²) >= 11 is 0. The van der Waals surface area contributed by atoms with Crippen LogP contribution in [0.4, 0.5) is 4.39 Å². The van der Waals surface area contributed by atoms with Crippen molar-refractivity contribution in [1.29, 1.82) is 0 Å². The number of rotatable bonds is 2. The lowest BCUT2D eigenvalue weighted by molar-refractivity contribution is -0.0250. The highest BCUT2D eigenvalue weighted by Gasteiger charge is 2.31. The molecule has 1 aromatic carbocycles. The zero-order chi connectivity index (χ0) is 14.8. The first kappa shape index (κ1) is 14.9. The average molecular weight is 281 g/mol. The maximum atomic E-state index is 13.8. The number of halogens is 1. The van der Waals surface area contributed by atoms with Crippen LogP contribution in [0, 0.1) is 12.7 Å². The van der Waals surface area contributed by atoms with E-state index in [1.807, 2.05) is 0 Å². The summed E-state index contributed by atoms with van der Waals surface area (Å²) in [6, 6.07) is 4.55. The second-order valence-corrected chi connectivity index (χ2v) is 5.51. The molecule has 1 amide bonds. The predicted molar refractivity (Wildman–Crippen MR) is 72.9 cm³/mol. The fraction of sp³-hybridized carbons (Fsp3) is 0.533. The van der Waals surface area contributed by atoms with Gasteiger partial charge in [0, 0.05) is 13.1 Å². The summed E-state index contributed by atoms with van der Waals surface area (Å²) < 4.78 is 13.8. The molecule has 0 bridgehead atoms. The van der Waals surface area contributed by atoms with E-state index in [-0.39, 0.29) is 18.1 Å². The highest BCUT2D eigenvalue weighted by atomic mass is 19.1. The molecule has 5 heteroatoms. The third-order valence-corrected chi connectivity index (χ3v) is 3.85. The van der Waals surface area contributed by atoms with Crippen LogP contribution < -0.4 is 0 Å². The number of carbonyl (C=O) groups excluding carboxylic acids is 1. The molecular weight excluding hydrogens is 261 g/mol. The van der Waals surface area contributed by atoms with E-state index >= 15 is 0 Å². The van der Waals surface area contributed by atoms with Gasteiger partial charge in [0.05, 0.1) is 17.8 Å². The van der Waals surface area contributed by atoms with E-state index in [2.05, 4.69) is 0 Å². The standard InChI is InChI=1S/C15H20FNO3/c1-11-3-4-12(13(16)9-11)14(19)17-7-2-5-15(20,10-18)6-8-17/h3-4,9,18,20H,2,5-8,10H2,1H3/t15-/m0/s1. The fourth-order valence-corrected chi connectivity index (χ4v) is 2.50. The lowest BCUT2D eigenvalue weighted by atomic mass is 9.96. The Morgan fingerprint density at radius 1 is 1.40 bits per heavy atom. The molecule has 0 spiro atoms. The van der Waals surface area contributed by atoms with E-state index in [1.54, 1.807) is 17.9 Å². The van der Waals surface area contributed by atoms with E-state index < -0.39 is 11.4 Å². The van der Waals surface area contributed by atoms with Crippen LogP contribution in [-0.4, -0.2) is 46.3 Å². The number of aryl methyl sites for hydroxylation is 1. The number of hydrogen-bond donors (Lipinski definition) is 2. The van der Waals surface area contributed by atoms with Gasteiger partial charge in [0.15, 0.2) is 0 Å². The summed E-state index contributed by atoms with van der Waals surface area (Å²) in [6.45, 7) is 2.25. The first-order chi connectivity index (χ1) is 9.45. The van der Waals surface area contributed by atoms with Gasteiger partial charge in [-0.2, -0.15) is 0 Å². The Kier molecular flexibility index (Phi) is 4.40. The summed E-state index contributed by atoms with van der Waals surface area (Å²) in [5, 5.41) is 19.2.